The Balaban J connectivity index is 2.42. The van der Waals surface area contributed by atoms with Gasteiger partial charge in [0.25, 0.3) is 0 Å². The topological polar surface area (TPSA) is 189 Å². The van der Waals surface area contributed by atoms with Crippen LogP contribution in [0.5, 0.6) is 0 Å². The highest BCUT2D eigenvalue weighted by molar-refractivity contribution is 5.80. The highest BCUT2D eigenvalue weighted by Crippen LogP contribution is 2.23. The molecule has 56 heavy (non-hydrogen) atoms. The molecule has 0 aromatic carbocycles. The van der Waals surface area contributed by atoms with Gasteiger partial charge < -0.3 is 50.5 Å². The van der Waals surface area contributed by atoms with E-state index in [9.17, 15) is 40.5 Å². The van der Waals surface area contributed by atoms with E-state index in [2.05, 4.69) is 26.1 Å². The zero-order chi connectivity index (χ0) is 41.4. The van der Waals surface area contributed by atoms with Crippen molar-refractivity contribution in [2.75, 3.05) is 13.2 Å². The van der Waals surface area contributed by atoms with Gasteiger partial charge in [-0.1, -0.05) is 194 Å². The van der Waals surface area contributed by atoms with Crippen LogP contribution in [0.1, 0.15) is 207 Å². The smallest absolute Gasteiger partial charge is 0.249 e. The van der Waals surface area contributed by atoms with Crippen molar-refractivity contribution in [3.05, 3.63) is 0 Å². The molecule has 1 fully saturated rings. The third-order valence-electron chi connectivity index (χ3n) is 12.0. The van der Waals surface area contributed by atoms with Crippen molar-refractivity contribution in [2.24, 2.45) is 5.92 Å². The number of aliphatic hydroxyl groups excluding tert-OH is 7. The van der Waals surface area contributed by atoms with Gasteiger partial charge in [-0.05, 0) is 18.8 Å². The van der Waals surface area contributed by atoms with Crippen LogP contribution in [0, 0.1) is 5.92 Å². The molecule has 8 N–H and O–H groups in total. The van der Waals surface area contributed by atoms with Gasteiger partial charge in [0.05, 0.1) is 25.4 Å². The lowest BCUT2D eigenvalue weighted by Gasteiger charge is -2.40. The van der Waals surface area contributed by atoms with Gasteiger partial charge >= 0.3 is 0 Å². The summed E-state index contributed by atoms with van der Waals surface area (Å²) in [5, 5.41) is 75.6. The number of hydrogen-bond donors (Lipinski definition) is 8. The minimum atomic E-state index is -1.66. The molecule has 1 heterocycles. The van der Waals surface area contributed by atoms with Crippen LogP contribution in [0.25, 0.3) is 0 Å². The molecular weight excluding hydrogens is 714 g/mol. The number of carbonyl (C=O) groups excluding carboxylic acids is 1. The van der Waals surface area contributed by atoms with Gasteiger partial charge in [0.15, 0.2) is 6.29 Å². The van der Waals surface area contributed by atoms with Crippen LogP contribution in [0.2, 0.25) is 0 Å². The Labute approximate surface area is 341 Å². The first-order valence-corrected chi connectivity index (χ1v) is 23.3. The molecule has 10 atom stereocenters. The first-order chi connectivity index (χ1) is 27.1. The standard InChI is InChI=1S/C45H89NO10/c1-4-6-7-8-9-10-11-12-13-14-15-16-17-18-19-22-26-29-32-38(49)44(54)46-36(34-55-45-43(53)42(52)41(51)39(33-47)56-45)40(50)37(48)31-28-25-23-20-21-24-27-30-35(3)5-2/h35-43,45,47-53H,4-34H2,1-3H3,(H,46,54). The van der Waals surface area contributed by atoms with Crippen LogP contribution in [0.4, 0.5) is 0 Å². The first kappa shape index (κ1) is 53.1. The van der Waals surface area contributed by atoms with Crippen LogP contribution in [0.15, 0.2) is 0 Å². The fraction of sp³-hybridized carbons (Fsp3) is 0.978. The summed E-state index contributed by atoms with van der Waals surface area (Å²) in [6, 6.07) is -1.16. The van der Waals surface area contributed by atoms with E-state index in [-0.39, 0.29) is 6.42 Å². The summed E-state index contributed by atoms with van der Waals surface area (Å²) in [4.78, 5) is 13.1. The molecule has 10 unspecified atom stereocenters. The highest BCUT2D eigenvalue weighted by atomic mass is 16.7. The summed E-state index contributed by atoms with van der Waals surface area (Å²) in [5.41, 5.74) is 0. The van der Waals surface area contributed by atoms with Gasteiger partial charge in [-0.25, -0.2) is 0 Å². The summed E-state index contributed by atoms with van der Waals surface area (Å²) in [6.45, 7) is 5.74. The van der Waals surface area contributed by atoms with Gasteiger partial charge in [0, 0.05) is 0 Å². The molecule has 11 nitrogen and oxygen atoms in total. The van der Waals surface area contributed by atoms with Crippen molar-refractivity contribution < 1.29 is 50.0 Å². The Bertz CT molecular complexity index is 897. The van der Waals surface area contributed by atoms with Crippen molar-refractivity contribution in [3.63, 3.8) is 0 Å². The van der Waals surface area contributed by atoms with Gasteiger partial charge in [-0.3, -0.25) is 4.79 Å². The third kappa shape index (κ3) is 24.9. The van der Waals surface area contributed by atoms with Crippen molar-refractivity contribution in [2.45, 2.75) is 262 Å². The number of amides is 1. The SMILES string of the molecule is CCCCCCCCCCCCCCCCCCCCC(O)C(=O)NC(COC1OC(CO)C(O)C(O)C1O)C(O)C(O)CCCCCCCCCC(C)CC. The van der Waals surface area contributed by atoms with Crippen LogP contribution >= 0.6 is 0 Å². The van der Waals surface area contributed by atoms with E-state index < -0.39 is 74.2 Å². The number of rotatable bonds is 38. The molecule has 334 valence electrons. The van der Waals surface area contributed by atoms with Crippen molar-refractivity contribution in [1.82, 2.24) is 5.32 Å². The molecule has 1 aliphatic rings. The van der Waals surface area contributed by atoms with E-state index in [0.29, 0.717) is 19.3 Å². The highest BCUT2D eigenvalue weighted by Gasteiger charge is 2.44. The van der Waals surface area contributed by atoms with E-state index in [1.54, 1.807) is 0 Å². The summed E-state index contributed by atoms with van der Waals surface area (Å²) in [5.74, 6) is 0.0831. The molecule has 0 radical (unpaired) electrons. The van der Waals surface area contributed by atoms with Crippen LogP contribution in [0.3, 0.4) is 0 Å². The second-order valence-electron chi connectivity index (χ2n) is 17.1. The molecule has 0 aliphatic carbocycles. The van der Waals surface area contributed by atoms with Crippen LogP contribution in [-0.4, -0.2) is 110 Å². The fourth-order valence-corrected chi connectivity index (χ4v) is 7.65. The minimum absolute atomic E-state index is 0.265. The van der Waals surface area contributed by atoms with E-state index in [1.807, 2.05) is 0 Å². The van der Waals surface area contributed by atoms with E-state index in [4.69, 9.17) is 9.47 Å². The molecule has 0 aromatic rings. The van der Waals surface area contributed by atoms with E-state index in [1.165, 1.54) is 122 Å². The summed E-state index contributed by atoms with van der Waals surface area (Å²) >= 11 is 0. The molecule has 1 rings (SSSR count). The monoisotopic (exact) mass is 804 g/mol. The zero-order valence-electron chi connectivity index (χ0n) is 36.0. The molecule has 0 saturated carbocycles. The van der Waals surface area contributed by atoms with Crippen molar-refractivity contribution >= 4 is 5.91 Å². The zero-order valence-corrected chi connectivity index (χ0v) is 36.0. The number of nitrogens with one attached hydrogen (secondary N) is 1. The number of hydrogen-bond acceptors (Lipinski definition) is 10. The number of ether oxygens (including phenoxy) is 2. The third-order valence-corrected chi connectivity index (χ3v) is 12.0. The van der Waals surface area contributed by atoms with Gasteiger partial charge in [-0.2, -0.15) is 0 Å². The number of unbranched alkanes of at least 4 members (excludes halogenated alkanes) is 23. The van der Waals surface area contributed by atoms with Crippen LogP contribution in [-0.2, 0) is 14.3 Å². The number of aliphatic hydroxyl groups is 7. The summed E-state index contributed by atoms with van der Waals surface area (Å²) < 4.78 is 11.1. The number of carbonyl (C=O) groups is 1. The van der Waals surface area contributed by atoms with Crippen molar-refractivity contribution in [1.29, 1.82) is 0 Å². The predicted molar refractivity (Wildman–Crippen MR) is 224 cm³/mol. The average Bonchev–Trinajstić information content (AvgIpc) is 3.20. The lowest BCUT2D eigenvalue weighted by Crippen LogP contribution is -2.60. The quantitative estimate of drug-likeness (QED) is 0.0293. The van der Waals surface area contributed by atoms with E-state index in [0.717, 1.165) is 44.4 Å². The maximum absolute atomic E-state index is 13.1. The van der Waals surface area contributed by atoms with E-state index >= 15 is 0 Å². The minimum Gasteiger partial charge on any atom is -0.394 e. The maximum Gasteiger partial charge on any atom is 0.249 e. The largest absolute Gasteiger partial charge is 0.394 e. The average molecular weight is 804 g/mol. The second kappa shape index (κ2) is 34.9. The fourth-order valence-electron chi connectivity index (χ4n) is 7.65. The van der Waals surface area contributed by atoms with Gasteiger partial charge in [0.2, 0.25) is 5.91 Å². The molecule has 1 aliphatic heterocycles. The normalized spacial score (nSPS) is 22.8. The Morgan fingerprint density at radius 2 is 1.04 bits per heavy atom. The molecule has 0 aromatic heterocycles. The van der Waals surface area contributed by atoms with Crippen LogP contribution < -0.4 is 5.32 Å². The first-order valence-electron chi connectivity index (χ1n) is 23.3. The summed E-state index contributed by atoms with van der Waals surface area (Å²) in [6.07, 6.45) is 21.6. The predicted octanol–water partition coefficient (Wildman–Crippen LogP) is 7.36. The van der Waals surface area contributed by atoms with Crippen molar-refractivity contribution in [3.8, 4) is 0 Å². The van der Waals surface area contributed by atoms with Gasteiger partial charge in [-0.15, -0.1) is 0 Å². The Hall–Kier alpha value is -0.890. The Kier molecular flexibility index (Phi) is 33.1. The molecule has 1 amide bonds. The Morgan fingerprint density at radius 3 is 1.48 bits per heavy atom. The lowest BCUT2D eigenvalue weighted by atomic mass is 9.98. The molecule has 11 heteroatoms. The molecule has 1 saturated heterocycles. The second-order valence-corrected chi connectivity index (χ2v) is 17.1. The summed E-state index contributed by atoms with van der Waals surface area (Å²) in [7, 11) is 0. The van der Waals surface area contributed by atoms with Gasteiger partial charge in [0.1, 0.15) is 36.6 Å². The molecular formula is C45H89NO10. The molecule has 0 bridgehead atoms. The Morgan fingerprint density at radius 1 is 0.607 bits per heavy atom. The molecule has 0 spiro atoms. The lowest BCUT2D eigenvalue weighted by molar-refractivity contribution is -0.303. The maximum atomic E-state index is 13.1.